The third kappa shape index (κ3) is 3.68. The zero-order valence-corrected chi connectivity index (χ0v) is 15.3. The average molecular weight is 330 g/mol. The van der Waals surface area contributed by atoms with Gasteiger partial charge in [-0.3, -0.25) is 0 Å². The highest BCUT2D eigenvalue weighted by molar-refractivity contribution is 5.70. The van der Waals surface area contributed by atoms with Gasteiger partial charge in [-0.1, -0.05) is 25.1 Å². The van der Waals surface area contributed by atoms with Gasteiger partial charge in [-0.15, -0.1) is 0 Å². The minimum atomic E-state index is -0.425. The Bertz CT molecular complexity index is 580. The number of nitrogens with one attached hydrogen (secondary N) is 1. The Hall–Kier alpha value is -1.71. The maximum atomic E-state index is 12.5. The van der Waals surface area contributed by atoms with Crippen LogP contribution in [-0.2, 0) is 11.2 Å². The fraction of sp³-hybridized carbons (Fsp3) is 0.650. The Balaban J connectivity index is 1.66. The molecule has 0 saturated carbocycles. The molecule has 3 rings (SSSR count). The topological polar surface area (TPSA) is 41.6 Å². The number of benzene rings is 1. The third-order valence-electron chi connectivity index (χ3n) is 5.10. The van der Waals surface area contributed by atoms with E-state index in [2.05, 4.69) is 36.5 Å². The van der Waals surface area contributed by atoms with E-state index in [4.69, 9.17) is 4.74 Å². The maximum Gasteiger partial charge on any atom is 0.410 e. The molecule has 1 N–H and O–H groups in total. The Morgan fingerprint density at radius 2 is 1.83 bits per heavy atom. The predicted octanol–water partition coefficient (Wildman–Crippen LogP) is 4.59. The number of nitrogens with zero attached hydrogens (tertiary/aromatic N) is 1. The van der Waals surface area contributed by atoms with Crippen molar-refractivity contribution < 1.29 is 9.53 Å². The summed E-state index contributed by atoms with van der Waals surface area (Å²) in [6.07, 6.45) is 5.10. The first-order valence-corrected chi connectivity index (χ1v) is 9.23. The SMILES string of the molecule is CCc1ccccc1NC1CC2CCC(C1)N2C(=O)OC(C)(C)C. The van der Waals surface area contributed by atoms with Crippen LogP contribution in [0.2, 0.25) is 0 Å². The number of piperidine rings is 1. The van der Waals surface area contributed by atoms with Gasteiger partial charge in [0.2, 0.25) is 0 Å². The van der Waals surface area contributed by atoms with E-state index < -0.39 is 5.60 Å². The summed E-state index contributed by atoms with van der Waals surface area (Å²) in [6, 6.07) is 9.60. The molecule has 0 spiro atoms. The van der Waals surface area contributed by atoms with Crippen molar-refractivity contribution in [2.45, 2.75) is 83.5 Å². The van der Waals surface area contributed by atoms with Crippen LogP contribution in [0.1, 0.15) is 58.9 Å². The van der Waals surface area contributed by atoms with Gasteiger partial charge in [-0.2, -0.15) is 0 Å². The van der Waals surface area contributed by atoms with E-state index in [1.807, 2.05) is 25.7 Å². The monoisotopic (exact) mass is 330 g/mol. The molecule has 2 bridgehead atoms. The molecule has 1 aromatic rings. The maximum absolute atomic E-state index is 12.5. The zero-order valence-electron chi connectivity index (χ0n) is 15.3. The lowest BCUT2D eigenvalue weighted by molar-refractivity contribution is 0.00683. The highest BCUT2D eigenvalue weighted by Crippen LogP contribution is 2.38. The fourth-order valence-corrected chi connectivity index (χ4v) is 4.10. The van der Waals surface area contributed by atoms with Gasteiger partial charge in [0, 0.05) is 23.8 Å². The highest BCUT2D eigenvalue weighted by Gasteiger charge is 2.44. The standard InChI is InChI=1S/C20H30N2O2/c1-5-14-8-6-7-9-18(14)21-15-12-16-10-11-17(13-15)22(16)19(23)24-20(2,3)4/h6-9,15-17,21H,5,10-13H2,1-4H3. The Morgan fingerprint density at radius 3 is 2.42 bits per heavy atom. The van der Waals surface area contributed by atoms with Crippen LogP contribution in [0.25, 0.3) is 0 Å². The van der Waals surface area contributed by atoms with E-state index in [0.717, 1.165) is 32.1 Å². The molecule has 4 nitrogen and oxygen atoms in total. The first-order valence-electron chi connectivity index (χ1n) is 9.23. The van der Waals surface area contributed by atoms with Crippen molar-refractivity contribution in [3.63, 3.8) is 0 Å². The van der Waals surface area contributed by atoms with Gasteiger partial charge in [0.15, 0.2) is 0 Å². The highest BCUT2D eigenvalue weighted by atomic mass is 16.6. The normalized spacial score (nSPS) is 26.3. The number of hydrogen-bond donors (Lipinski definition) is 1. The summed E-state index contributed by atoms with van der Waals surface area (Å²) >= 11 is 0. The third-order valence-corrected chi connectivity index (χ3v) is 5.10. The molecule has 2 aliphatic heterocycles. The molecule has 1 amide bonds. The average Bonchev–Trinajstić information content (AvgIpc) is 2.78. The van der Waals surface area contributed by atoms with E-state index in [1.54, 1.807) is 0 Å². The van der Waals surface area contributed by atoms with E-state index >= 15 is 0 Å². The zero-order chi connectivity index (χ0) is 17.3. The fourth-order valence-electron chi connectivity index (χ4n) is 4.10. The molecule has 132 valence electrons. The summed E-state index contributed by atoms with van der Waals surface area (Å²) in [4.78, 5) is 14.5. The number of anilines is 1. The van der Waals surface area contributed by atoms with Crippen molar-refractivity contribution in [2.24, 2.45) is 0 Å². The molecule has 2 saturated heterocycles. The lowest BCUT2D eigenvalue weighted by atomic mass is 9.97. The lowest BCUT2D eigenvalue weighted by Crippen LogP contribution is -2.51. The van der Waals surface area contributed by atoms with E-state index in [9.17, 15) is 4.79 Å². The Labute approximate surface area is 145 Å². The molecule has 4 heteroatoms. The molecular formula is C20H30N2O2. The van der Waals surface area contributed by atoms with Crippen molar-refractivity contribution in [3.8, 4) is 0 Å². The summed E-state index contributed by atoms with van der Waals surface area (Å²) in [5, 5.41) is 3.73. The Morgan fingerprint density at radius 1 is 1.21 bits per heavy atom. The van der Waals surface area contributed by atoms with Gasteiger partial charge in [0.25, 0.3) is 0 Å². The van der Waals surface area contributed by atoms with Crippen LogP contribution < -0.4 is 5.32 Å². The van der Waals surface area contributed by atoms with Crippen molar-refractivity contribution >= 4 is 11.8 Å². The molecule has 0 aromatic heterocycles. The molecule has 2 atom stereocenters. The second-order valence-corrected chi connectivity index (χ2v) is 8.10. The van der Waals surface area contributed by atoms with Crippen molar-refractivity contribution in [2.75, 3.05) is 5.32 Å². The number of carbonyl (C=O) groups excluding carboxylic acids is 1. The van der Waals surface area contributed by atoms with Crippen LogP contribution in [0.3, 0.4) is 0 Å². The number of ether oxygens (including phenoxy) is 1. The first-order chi connectivity index (χ1) is 11.4. The largest absolute Gasteiger partial charge is 0.444 e. The van der Waals surface area contributed by atoms with Crippen LogP contribution in [0.4, 0.5) is 10.5 Å². The van der Waals surface area contributed by atoms with Crippen LogP contribution in [0.15, 0.2) is 24.3 Å². The van der Waals surface area contributed by atoms with E-state index in [1.165, 1.54) is 11.3 Å². The summed E-state index contributed by atoms with van der Waals surface area (Å²) in [7, 11) is 0. The number of amides is 1. The van der Waals surface area contributed by atoms with Crippen LogP contribution in [0.5, 0.6) is 0 Å². The lowest BCUT2D eigenvalue weighted by Gasteiger charge is -2.40. The number of rotatable bonds is 3. The van der Waals surface area contributed by atoms with Gasteiger partial charge < -0.3 is 15.0 Å². The van der Waals surface area contributed by atoms with Crippen LogP contribution >= 0.6 is 0 Å². The number of carbonyl (C=O) groups is 1. The van der Waals surface area contributed by atoms with Crippen LogP contribution in [0, 0.1) is 0 Å². The molecule has 24 heavy (non-hydrogen) atoms. The van der Waals surface area contributed by atoms with E-state index in [0.29, 0.717) is 18.1 Å². The van der Waals surface area contributed by atoms with Crippen molar-refractivity contribution in [1.29, 1.82) is 0 Å². The van der Waals surface area contributed by atoms with Gasteiger partial charge in [0.1, 0.15) is 5.60 Å². The van der Waals surface area contributed by atoms with Crippen LogP contribution in [-0.4, -0.2) is 34.7 Å². The molecule has 1 aromatic carbocycles. The van der Waals surface area contributed by atoms with E-state index in [-0.39, 0.29) is 6.09 Å². The molecule has 0 aliphatic carbocycles. The second kappa shape index (κ2) is 6.66. The molecule has 0 radical (unpaired) electrons. The molecule has 2 unspecified atom stereocenters. The molecule has 2 heterocycles. The van der Waals surface area contributed by atoms with Gasteiger partial charge >= 0.3 is 6.09 Å². The van der Waals surface area contributed by atoms with Crippen molar-refractivity contribution in [1.82, 2.24) is 4.90 Å². The summed E-state index contributed by atoms with van der Waals surface area (Å²) in [5.41, 5.74) is 2.18. The molecule has 2 aliphatic rings. The second-order valence-electron chi connectivity index (χ2n) is 8.10. The summed E-state index contributed by atoms with van der Waals surface area (Å²) in [6.45, 7) is 7.99. The Kier molecular flexibility index (Phi) is 4.75. The number of aryl methyl sites for hydroxylation is 1. The number of fused-ring (bicyclic) bond motifs is 2. The molecule has 2 fully saturated rings. The van der Waals surface area contributed by atoms with Gasteiger partial charge in [-0.25, -0.2) is 4.79 Å². The minimum absolute atomic E-state index is 0.137. The van der Waals surface area contributed by atoms with Gasteiger partial charge in [0.05, 0.1) is 0 Å². The number of hydrogen-bond acceptors (Lipinski definition) is 3. The quantitative estimate of drug-likeness (QED) is 0.881. The first kappa shape index (κ1) is 17.1. The van der Waals surface area contributed by atoms with Crippen molar-refractivity contribution in [3.05, 3.63) is 29.8 Å². The van der Waals surface area contributed by atoms with Gasteiger partial charge in [-0.05, 0) is 64.5 Å². The predicted molar refractivity (Wildman–Crippen MR) is 97.3 cm³/mol. The summed E-state index contributed by atoms with van der Waals surface area (Å²) in [5.74, 6) is 0. The number of para-hydroxylation sites is 1. The molecular weight excluding hydrogens is 300 g/mol. The summed E-state index contributed by atoms with van der Waals surface area (Å²) < 4.78 is 5.61. The minimum Gasteiger partial charge on any atom is -0.444 e. The smallest absolute Gasteiger partial charge is 0.410 e.